The van der Waals surface area contributed by atoms with Gasteiger partial charge in [0.2, 0.25) is 0 Å². The highest BCUT2D eigenvalue weighted by molar-refractivity contribution is 5.85. The van der Waals surface area contributed by atoms with Gasteiger partial charge in [-0.15, -0.1) is 0 Å². The van der Waals surface area contributed by atoms with Crippen LogP contribution in [0.3, 0.4) is 0 Å². The Hall–Kier alpha value is -1.11. The van der Waals surface area contributed by atoms with Crippen LogP contribution in [0.2, 0.25) is 0 Å². The molecular formula is C13H19N. The smallest absolute Gasteiger partial charge is 0.0687 e. The van der Waals surface area contributed by atoms with Gasteiger partial charge in [-0.1, -0.05) is 31.5 Å². The molecule has 1 aromatic carbocycles. The Morgan fingerprint density at radius 1 is 1.21 bits per heavy atom. The quantitative estimate of drug-likeness (QED) is 0.632. The van der Waals surface area contributed by atoms with Crippen molar-refractivity contribution in [1.82, 2.24) is 0 Å². The van der Waals surface area contributed by atoms with E-state index in [0.29, 0.717) is 0 Å². The highest BCUT2D eigenvalue weighted by Gasteiger charge is 2.00. The molecule has 0 fully saturated rings. The molecule has 76 valence electrons. The SMILES string of the molecule is CCCC(C)=Nc1c(C)cccc1C. The predicted molar refractivity (Wildman–Crippen MR) is 63.6 cm³/mol. The molecule has 1 aromatic rings. The van der Waals surface area contributed by atoms with Gasteiger partial charge < -0.3 is 0 Å². The molecule has 0 bridgehead atoms. The van der Waals surface area contributed by atoms with E-state index in [1.807, 2.05) is 0 Å². The van der Waals surface area contributed by atoms with Gasteiger partial charge in [-0.2, -0.15) is 0 Å². The van der Waals surface area contributed by atoms with Crippen molar-refractivity contribution < 1.29 is 0 Å². The lowest BCUT2D eigenvalue weighted by Crippen LogP contribution is -1.90. The summed E-state index contributed by atoms with van der Waals surface area (Å²) in [7, 11) is 0. The second-order valence-corrected chi connectivity index (χ2v) is 3.84. The zero-order chi connectivity index (χ0) is 10.6. The van der Waals surface area contributed by atoms with E-state index in [-0.39, 0.29) is 0 Å². The van der Waals surface area contributed by atoms with Gasteiger partial charge >= 0.3 is 0 Å². The minimum atomic E-state index is 1.09. The third-order valence-electron chi connectivity index (χ3n) is 2.35. The molecule has 0 aliphatic rings. The Labute approximate surface area is 86.9 Å². The molecule has 0 saturated heterocycles. The number of nitrogens with zero attached hydrogens (tertiary/aromatic N) is 1. The minimum Gasteiger partial charge on any atom is -0.258 e. The Morgan fingerprint density at radius 3 is 2.29 bits per heavy atom. The first kappa shape index (κ1) is 11.0. The van der Waals surface area contributed by atoms with Crippen molar-refractivity contribution in [2.75, 3.05) is 0 Å². The van der Waals surface area contributed by atoms with E-state index < -0.39 is 0 Å². The summed E-state index contributed by atoms with van der Waals surface area (Å²) in [6.07, 6.45) is 2.26. The first-order valence-electron chi connectivity index (χ1n) is 5.25. The largest absolute Gasteiger partial charge is 0.258 e. The van der Waals surface area contributed by atoms with Crippen molar-refractivity contribution in [1.29, 1.82) is 0 Å². The highest BCUT2D eigenvalue weighted by Crippen LogP contribution is 2.23. The molecule has 0 heterocycles. The van der Waals surface area contributed by atoms with E-state index in [1.165, 1.54) is 23.3 Å². The van der Waals surface area contributed by atoms with Crippen LogP contribution in [-0.2, 0) is 0 Å². The predicted octanol–water partition coefficient (Wildman–Crippen LogP) is 4.20. The second-order valence-electron chi connectivity index (χ2n) is 3.84. The molecule has 0 aromatic heterocycles. The van der Waals surface area contributed by atoms with E-state index >= 15 is 0 Å². The van der Waals surface area contributed by atoms with E-state index in [9.17, 15) is 0 Å². The molecule has 0 spiro atoms. The number of hydrogen-bond donors (Lipinski definition) is 0. The molecule has 0 radical (unpaired) electrons. The van der Waals surface area contributed by atoms with Crippen LogP contribution in [0.15, 0.2) is 23.2 Å². The summed E-state index contributed by atoms with van der Waals surface area (Å²) < 4.78 is 0. The van der Waals surface area contributed by atoms with Gasteiger partial charge in [0, 0.05) is 5.71 Å². The van der Waals surface area contributed by atoms with Gasteiger partial charge in [0.05, 0.1) is 5.69 Å². The Kier molecular flexibility index (Phi) is 3.87. The topological polar surface area (TPSA) is 12.4 Å². The van der Waals surface area contributed by atoms with Crippen LogP contribution in [0.5, 0.6) is 0 Å². The van der Waals surface area contributed by atoms with E-state index in [1.54, 1.807) is 0 Å². The lowest BCUT2D eigenvalue weighted by Gasteiger charge is -2.05. The van der Waals surface area contributed by atoms with Gasteiger partial charge in [-0.25, -0.2) is 0 Å². The van der Waals surface area contributed by atoms with E-state index in [0.717, 1.165) is 12.1 Å². The first-order valence-corrected chi connectivity index (χ1v) is 5.25. The van der Waals surface area contributed by atoms with Gasteiger partial charge in [0.1, 0.15) is 0 Å². The molecule has 0 aliphatic carbocycles. The maximum Gasteiger partial charge on any atom is 0.0687 e. The first-order chi connectivity index (χ1) is 6.65. The fourth-order valence-electron chi connectivity index (χ4n) is 1.59. The number of para-hydroxylation sites is 1. The van der Waals surface area contributed by atoms with Crippen LogP contribution in [0.1, 0.15) is 37.8 Å². The molecule has 0 unspecified atom stereocenters. The number of benzene rings is 1. The molecule has 0 N–H and O–H groups in total. The van der Waals surface area contributed by atoms with Crippen LogP contribution in [0, 0.1) is 13.8 Å². The summed E-state index contributed by atoms with van der Waals surface area (Å²) in [5.41, 5.74) is 4.91. The fraction of sp³-hybridized carbons (Fsp3) is 0.462. The fourth-order valence-corrected chi connectivity index (χ4v) is 1.59. The summed E-state index contributed by atoms with van der Waals surface area (Å²) in [5.74, 6) is 0. The Bertz CT molecular complexity index is 317. The monoisotopic (exact) mass is 189 g/mol. The third kappa shape index (κ3) is 2.69. The summed E-state index contributed by atoms with van der Waals surface area (Å²) >= 11 is 0. The Balaban J connectivity index is 3.01. The van der Waals surface area contributed by atoms with E-state index in [4.69, 9.17) is 0 Å². The van der Waals surface area contributed by atoms with Crippen molar-refractivity contribution >= 4 is 11.4 Å². The summed E-state index contributed by atoms with van der Waals surface area (Å²) in [6.45, 7) is 8.52. The molecule has 1 rings (SSSR count). The molecule has 1 nitrogen and oxygen atoms in total. The number of hydrogen-bond acceptors (Lipinski definition) is 1. The van der Waals surface area contributed by atoms with Crippen LogP contribution in [0.25, 0.3) is 0 Å². The maximum atomic E-state index is 4.66. The van der Waals surface area contributed by atoms with Gasteiger partial charge in [-0.3, -0.25) is 4.99 Å². The highest BCUT2D eigenvalue weighted by atomic mass is 14.7. The van der Waals surface area contributed by atoms with Crippen molar-refractivity contribution in [2.24, 2.45) is 4.99 Å². The van der Waals surface area contributed by atoms with Crippen LogP contribution >= 0.6 is 0 Å². The minimum absolute atomic E-state index is 1.09. The normalized spacial score (nSPS) is 11.9. The lowest BCUT2D eigenvalue weighted by molar-refractivity contribution is 0.987. The second kappa shape index (κ2) is 4.94. The molecule has 14 heavy (non-hydrogen) atoms. The maximum absolute atomic E-state index is 4.66. The standard InChI is InChI=1S/C13H19N/c1-5-7-12(4)14-13-10(2)8-6-9-11(13)3/h6,8-9H,5,7H2,1-4H3. The summed E-state index contributed by atoms with van der Waals surface area (Å²) in [5, 5.41) is 0. The Morgan fingerprint density at radius 2 is 1.79 bits per heavy atom. The third-order valence-corrected chi connectivity index (χ3v) is 2.35. The number of rotatable bonds is 3. The molecule has 0 saturated carbocycles. The van der Waals surface area contributed by atoms with Gasteiger partial charge in [-0.05, 0) is 38.3 Å². The van der Waals surface area contributed by atoms with Crippen LogP contribution < -0.4 is 0 Å². The molecular weight excluding hydrogens is 170 g/mol. The number of aliphatic imine (C=N–C) groups is 1. The van der Waals surface area contributed by atoms with Crippen molar-refractivity contribution in [3.63, 3.8) is 0 Å². The zero-order valence-corrected chi connectivity index (χ0v) is 9.59. The zero-order valence-electron chi connectivity index (χ0n) is 9.59. The van der Waals surface area contributed by atoms with Crippen LogP contribution in [-0.4, -0.2) is 5.71 Å². The average molecular weight is 189 g/mol. The molecule has 1 heteroatoms. The number of aryl methyl sites for hydroxylation is 2. The lowest BCUT2D eigenvalue weighted by atomic mass is 10.1. The van der Waals surface area contributed by atoms with Crippen LogP contribution in [0.4, 0.5) is 5.69 Å². The van der Waals surface area contributed by atoms with Crippen molar-refractivity contribution in [3.8, 4) is 0 Å². The van der Waals surface area contributed by atoms with Gasteiger partial charge in [0.15, 0.2) is 0 Å². The van der Waals surface area contributed by atoms with E-state index in [2.05, 4.69) is 50.9 Å². The van der Waals surface area contributed by atoms with Crippen molar-refractivity contribution in [3.05, 3.63) is 29.3 Å². The molecule has 0 aliphatic heterocycles. The molecule has 0 atom stereocenters. The summed E-state index contributed by atoms with van der Waals surface area (Å²) in [4.78, 5) is 4.66. The summed E-state index contributed by atoms with van der Waals surface area (Å²) in [6, 6.07) is 6.31. The molecule has 0 amide bonds. The van der Waals surface area contributed by atoms with Crippen molar-refractivity contribution in [2.45, 2.75) is 40.5 Å². The van der Waals surface area contributed by atoms with Gasteiger partial charge in [0.25, 0.3) is 0 Å². The average Bonchev–Trinajstić information content (AvgIpc) is 2.12.